The Labute approximate surface area is 211 Å². The van der Waals surface area contributed by atoms with Gasteiger partial charge in [-0.3, -0.25) is 9.20 Å². The quantitative estimate of drug-likeness (QED) is 0.431. The Bertz CT molecular complexity index is 1470. The summed E-state index contributed by atoms with van der Waals surface area (Å²) in [5.41, 5.74) is 3.89. The number of benzene rings is 2. The van der Waals surface area contributed by atoms with E-state index in [0.29, 0.717) is 30.0 Å². The average Bonchev–Trinajstić information content (AvgIpc) is 3.57. The second-order valence-electron chi connectivity index (χ2n) is 10.3. The maximum atomic E-state index is 15.2. The first-order valence-electron chi connectivity index (χ1n) is 12.5. The minimum atomic E-state index is -0.262. The Kier molecular flexibility index (Phi) is 5.35. The summed E-state index contributed by atoms with van der Waals surface area (Å²) in [6.07, 6.45) is 4.54. The summed E-state index contributed by atoms with van der Waals surface area (Å²) in [5.74, 6) is -0.326. The van der Waals surface area contributed by atoms with E-state index in [0.717, 1.165) is 59.8 Å². The number of carbonyl (C=O) groups is 1. The summed E-state index contributed by atoms with van der Waals surface area (Å²) in [4.78, 5) is 18.2. The first kappa shape index (κ1) is 22.4. The van der Waals surface area contributed by atoms with Gasteiger partial charge in [0.25, 0.3) is 5.91 Å². The van der Waals surface area contributed by atoms with E-state index < -0.39 is 0 Å². The highest BCUT2D eigenvalue weighted by Crippen LogP contribution is 2.42. The van der Waals surface area contributed by atoms with E-state index in [9.17, 15) is 4.79 Å². The van der Waals surface area contributed by atoms with Gasteiger partial charge in [0.05, 0.1) is 29.1 Å². The predicted octanol–water partition coefficient (Wildman–Crippen LogP) is 4.31. The Morgan fingerprint density at radius 2 is 2.03 bits per heavy atom. The molecule has 2 aromatic heterocycles. The van der Waals surface area contributed by atoms with Crippen LogP contribution in [0.4, 0.5) is 4.39 Å². The molecule has 9 heteroatoms. The van der Waals surface area contributed by atoms with E-state index in [1.54, 1.807) is 6.07 Å². The summed E-state index contributed by atoms with van der Waals surface area (Å²) >= 11 is 1.50. The normalized spacial score (nSPS) is 21.9. The molecule has 4 aromatic rings. The smallest absolute Gasteiger partial charge is 0.251 e. The standard InChI is InChI=1S/C27H27FN4O3S/c28-20-9-16(21-11-27(13-29-21)14-35-15-27)1-3-19(20)22-12-32-23-4-2-17(10-24(23)36-26(32)31-22)25(33)30-18-5-7-34-8-6-18/h1-4,9-10,12,18,21,29H,5-8,11,13-15H2,(H,30,33). The molecule has 0 bridgehead atoms. The number of imidazole rings is 1. The SMILES string of the molecule is O=C(NC1CCOCC1)c1ccc2c(c1)sc1nc(-c3ccc(C4CC5(CN4)COC5)cc3F)cn12. The molecule has 2 aromatic carbocycles. The maximum absolute atomic E-state index is 15.2. The Hall–Kier alpha value is -2.85. The average molecular weight is 507 g/mol. The zero-order valence-corrected chi connectivity index (χ0v) is 20.6. The van der Waals surface area contributed by atoms with Crippen LogP contribution < -0.4 is 10.6 Å². The molecule has 0 saturated carbocycles. The minimum Gasteiger partial charge on any atom is -0.381 e. The molecule has 36 heavy (non-hydrogen) atoms. The lowest BCUT2D eigenvalue weighted by molar-refractivity contribution is -0.101. The summed E-state index contributed by atoms with van der Waals surface area (Å²) in [6, 6.07) is 11.5. The number of rotatable bonds is 4. The third kappa shape index (κ3) is 3.82. The van der Waals surface area contributed by atoms with Crippen molar-refractivity contribution in [1.82, 2.24) is 20.0 Å². The molecule has 0 radical (unpaired) electrons. The molecule has 3 saturated heterocycles. The van der Waals surface area contributed by atoms with Crippen LogP contribution in [-0.2, 0) is 9.47 Å². The van der Waals surface area contributed by atoms with Gasteiger partial charge in [-0.1, -0.05) is 17.4 Å². The van der Waals surface area contributed by atoms with Gasteiger partial charge in [-0.2, -0.15) is 0 Å². The van der Waals surface area contributed by atoms with Crippen LogP contribution in [0.5, 0.6) is 0 Å². The third-order valence-corrected chi connectivity index (χ3v) is 8.78. The molecule has 1 unspecified atom stereocenters. The molecule has 7 nitrogen and oxygen atoms in total. The van der Waals surface area contributed by atoms with Gasteiger partial charge >= 0.3 is 0 Å². The molecule has 3 fully saturated rings. The fourth-order valence-electron chi connectivity index (χ4n) is 5.60. The summed E-state index contributed by atoms with van der Waals surface area (Å²) in [5, 5.41) is 6.64. The minimum absolute atomic E-state index is 0.0646. The van der Waals surface area contributed by atoms with Crippen molar-refractivity contribution in [3.05, 3.63) is 59.5 Å². The molecule has 0 aliphatic carbocycles. The topological polar surface area (TPSA) is 76.9 Å². The lowest BCUT2D eigenvalue weighted by atomic mass is 9.82. The first-order chi connectivity index (χ1) is 17.6. The van der Waals surface area contributed by atoms with Crippen molar-refractivity contribution in [2.75, 3.05) is 33.0 Å². The summed E-state index contributed by atoms with van der Waals surface area (Å²) in [7, 11) is 0. The molecule has 186 valence electrons. The molecule has 5 heterocycles. The van der Waals surface area contributed by atoms with Crippen LogP contribution >= 0.6 is 11.3 Å². The van der Waals surface area contributed by atoms with Crippen LogP contribution in [0.1, 0.15) is 41.2 Å². The van der Waals surface area contributed by atoms with Gasteiger partial charge in [0.15, 0.2) is 4.96 Å². The Morgan fingerprint density at radius 1 is 1.17 bits per heavy atom. The number of ether oxygens (including phenoxy) is 2. The van der Waals surface area contributed by atoms with Gasteiger partial charge in [-0.05, 0) is 55.2 Å². The van der Waals surface area contributed by atoms with Crippen LogP contribution in [0.3, 0.4) is 0 Å². The van der Waals surface area contributed by atoms with Crippen LogP contribution in [0.25, 0.3) is 26.4 Å². The van der Waals surface area contributed by atoms with Gasteiger partial charge in [0, 0.05) is 54.6 Å². The van der Waals surface area contributed by atoms with Crippen molar-refractivity contribution in [3.63, 3.8) is 0 Å². The molecule has 1 spiro atoms. The van der Waals surface area contributed by atoms with E-state index in [-0.39, 0.29) is 29.2 Å². The van der Waals surface area contributed by atoms with Crippen molar-refractivity contribution in [2.24, 2.45) is 5.41 Å². The number of hydrogen-bond acceptors (Lipinski definition) is 6. The largest absolute Gasteiger partial charge is 0.381 e. The highest BCUT2D eigenvalue weighted by molar-refractivity contribution is 7.23. The fraction of sp³-hybridized carbons (Fsp3) is 0.407. The molecule has 1 atom stereocenters. The number of thiazole rings is 1. The Balaban J connectivity index is 1.13. The van der Waals surface area contributed by atoms with Gasteiger partial charge in [-0.15, -0.1) is 0 Å². The number of amides is 1. The van der Waals surface area contributed by atoms with Crippen molar-refractivity contribution in [3.8, 4) is 11.3 Å². The number of fused-ring (bicyclic) bond motifs is 3. The van der Waals surface area contributed by atoms with Crippen LogP contribution in [0.15, 0.2) is 42.6 Å². The third-order valence-electron chi connectivity index (χ3n) is 7.76. The maximum Gasteiger partial charge on any atom is 0.251 e. The van der Waals surface area contributed by atoms with Crippen LogP contribution in [0, 0.1) is 11.2 Å². The number of aromatic nitrogens is 2. The van der Waals surface area contributed by atoms with Crippen LogP contribution in [0.2, 0.25) is 0 Å². The molecule has 3 aliphatic heterocycles. The zero-order chi connectivity index (χ0) is 24.3. The van der Waals surface area contributed by atoms with E-state index in [1.807, 2.05) is 40.9 Å². The Morgan fingerprint density at radius 3 is 2.78 bits per heavy atom. The summed E-state index contributed by atoms with van der Waals surface area (Å²) < 4.78 is 28.9. The number of nitrogens with zero attached hydrogens (tertiary/aromatic N) is 2. The molecule has 7 rings (SSSR count). The second-order valence-corrected chi connectivity index (χ2v) is 11.3. The monoisotopic (exact) mass is 506 g/mol. The van der Waals surface area contributed by atoms with Gasteiger partial charge in [0.2, 0.25) is 0 Å². The number of nitrogens with one attached hydrogen (secondary N) is 2. The van der Waals surface area contributed by atoms with Crippen molar-refractivity contribution < 1.29 is 18.7 Å². The number of halogens is 1. The predicted molar refractivity (Wildman–Crippen MR) is 136 cm³/mol. The van der Waals surface area contributed by atoms with Crippen molar-refractivity contribution in [2.45, 2.75) is 31.3 Å². The van der Waals surface area contributed by atoms with E-state index >= 15 is 4.39 Å². The fourth-order valence-corrected chi connectivity index (χ4v) is 6.65. The second kappa shape index (κ2) is 8.62. The molecular formula is C27H27FN4O3S. The highest BCUT2D eigenvalue weighted by Gasteiger charge is 2.45. The molecule has 2 N–H and O–H groups in total. The van der Waals surface area contributed by atoms with Gasteiger partial charge in [-0.25, -0.2) is 9.37 Å². The highest BCUT2D eigenvalue weighted by atomic mass is 32.1. The van der Waals surface area contributed by atoms with Gasteiger partial charge < -0.3 is 20.1 Å². The first-order valence-corrected chi connectivity index (χ1v) is 13.3. The zero-order valence-electron chi connectivity index (χ0n) is 19.8. The lowest BCUT2D eigenvalue weighted by Crippen LogP contribution is -2.43. The van der Waals surface area contributed by atoms with Crippen molar-refractivity contribution >= 4 is 32.4 Å². The van der Waals surface area contributed by atoms with Crippen molar-refractivity contribution in [1.29, 1.82) is 0 Å². The lowest BCUT2D eigenvalue weighted by Gasteiger charge is -2.37. The molecule has 1 amide bonds. The number of hydrogen-bond donors (Lipinski definition) is 2. The summed E-state index contributed by atoms with van der Waals surface area (Å²) in [6.45, 7) is 3.87. The molecule has 3 aliphatic rings. The van der Waals surface area contributed by atoms with E-state index in [2.05, 4.69) is 10.6 Å². The van der Waals surface area contributed by atoms with Crippen LogP contribution in [-0.4, -0.2) is 54.3 Å². The van der Waals surface area contributed by atoms with E-state index in [1.165, 1.54) is 11.3 Å². The van der Waals surface area contributed by atoms with E-state index in [4.69, 9.17) is 14.5 Å². The van der Waals surface area contributed by atoms with Gasteiger partial charge in [0.1, 0.15) is 5.82 Å². The number of carbonyl (C=O) groups excluding carboxylic acids is 1. The molecular weight excluding hydrogens is 479 g/mol.